The number of aliphatic carboxylic acids is 1. The molecular formula is C27H25Cl2N3O5S. The van der Waals surface area contributed by atoms with Gasteiger partial charge >= 0.3 is 5.97 Å². The smallest absolute Gasteiger partial charge is 0.324 e. The van der Waals surface area contributed by atoms with Crippen LogP contribution >= 0.6 is 23.2 Å². The number of hydrogen-bond donors (Lipinski definition) is 1. The first-order valence-electron chi connectivity index (χ1n) is 11.9. The average Bonchev–Trinajstić information content (AvgIpc) is 3.31. The van der Waals surface area contributed by atoms with Gasteiger partial charge in [0, 0.05) is 46.9 Å². The van der Waals surface area contributed by atoms with Crippen molar-refractivity contribution in [1.82, 2.24) is 9.47 Å². The number of fused-ring (bicyclic) bond motifs is 1. The van der Waals surface area contributed by atoms with Gasteiger partial charge in [0.25, 0.3) is 10.0 Å². The molecule has 1 aromatic heterocycles. The number of carbonyl (C=O) groups is 1. The van der Waals surface area contributed by atoms with E-state index in [-0.39, 0.29) is 20.6 Å². The van der Waals surface area contributed by atoms with Crippen LogP contribution in [0.5, 0.6) is 0 Å². The third-order valence-corrected chi connectivity index (χ3v) is 8.58. The molecule has 1 N–H and O–H groups in total. The Kier molecular flexibility index (Phi) is 7.65. The van der Waals surface area contributed by atoms with Crippen LogP contribution in [0.4, 0.5) is 5.69 Å². The maximum absolute atomic E-state index is 13.4. The van der Waals surface area contributed by atoms with E-state index in [1.165, 1.54) is 23.8 Å². The van der Waals surface area contributed by atoms with Gasteiger partial charge in [-0.1, -0.05) is 35.3 Å². The highest BCUT2D eigenvalue weighted by Gasteiger charge is 2.28. The zero-order valence-corrected chi connectivity index (χ0v) is 22.6. The molecule has 0 radical (unpaired) electrons. The maximum Gasteiger partial charge on any atom is 0.324 e. The van der Waals surface area contributed by atoms with Gasteiger partial charge in [-0.15, -0.1) is 0 Å². The van der Waals surface area contributed by atoms with Gasteiger partial charge in [-0.25, -0.2) is 8.42 Å². The Morgan fingerprint density at radius 1 is 0.947 bits per heavy atom. The number of aromatic nitrogens is 1. The van der Waals surface area contributed by atoms with Crippen LogP contribution in [0.15, 0.2) is 77.8 Å². The summed E-state index contributed by atoms with van der Waals surface area (Å²) in [4.78, 5) is 13.8. The molecule has 3 aromatic carbocycles. The van der Waals surface area contributed by atoms with Crippen LogP contribution in [0.2, 0.25) is 10.0 Å². The number of carboxylic acid groups (broad SMARTS) is 1. The van der Waals surface area contributed by atoms with Crippen LogP contribution in [0.25, 0.3) is 16.6 Å². The molecule has 5 rings (SSSR count). The first kappa shape index (κ1) is 26.5. The third kappa shape index (κ3) is 5.67. The molecule has 11 heteroatoms. The predicted octanol–water partition coefficient (Wildman–Crippen LogP) is 5.05. The summed E-state index contributed by atoms with van der Waals surface area (Å²) < 4.78 is 35.1. The van der Waals surface area contributed by atoms with Crippen molar-refractivity contribution in [3.63, 3.8) is 0 Å². The molecule has 0 saturated carbocycles. The molecule has 0 aliphatic carbocycles. The average molecular weight is 574 g/mol. The second-order valence-electron chi connectivity index (χ2n) is 8.99. The summed E-state index contributed by atoms with van der Waals surface area (Å²) in [5, 5.41) is 10.5. The summed E-state index contributed by atoms with van der Waals surface area (Å²) in [5.41, 5.74) is 3.25. The molecule has 8 nitrogen and oxygen atoms in total. The fourth-order valence-electron chi connectivity index (χ4n) is 4.53. The molecule has 0 spiro atoms. The summed E-state index contributed by atoms with van der Waals surface area (Å²) in [7, 11) is -4.26. The SMILES string of the molecule is O=C(O)CN(c1ccc2c(ccn2-c2ccc(CN3CCOCC3)cc2)c1)S(=O)(=O)c1cc(Cl)cc(Cl)c1. The number of ether oxygens (including phenoxy) is 1. The highest BCUT2D eigenvalue weighted by molar-refractivity contribution is 7.92. The molecule has 198 valence electrons. The molecule has 0 amide bonds. The lowest BCUT2D eigenvalue weighted by atomic mass is 10.2. The molecule has 0 bridgehead atoms. The first-order valence-corrected chi connectivity index (χ1v) is 14.1. The fourth-order valence-corrected chi connectivity index (χ4v) is 6.67. The van der Waals surface area contributed by atoms with Crippen molar-refractivity contribution in [2.24, 2.45) is 0 Å². The molecule has 1 aliphatic heterocycles. The highest BCUT2D eigenvalue weighted by atomic mass is 35.5. The number of anilines is 1. The van der Waals surface area contributed by atoms with Crippen molar-refractivity contribution >= 4 is 55.8 Å². The Bertz CT molecular complexity index is 1560. The van der Waals surface area contributed by atoms with E-state index in [9.17, 15) is 18.3 Å². The molecule has 2 heterocycles. The topological polar surface area (TPSA) is 92.1 Å². The van der Waals surface area contributed by atoms with E-state index in [1.807, 2.05) is 29.0 Å². The number of sulfonamides is 1. The highest BCUT2D eigenvalue weighted by Crippen LogP contribution is 2.31. The second-order valence-corrected chi connectivity index (χ2v) is 11.7. The van der Waals surface area contributed by atoms with E-state index < -0.39 is 22.5 Å². The predicted molar refractivity (Wildman–Crippen MR) is 148 cm³/mol. The molecule has 1 saturated heterocycles. The first-order chi connectivity index (χ1) is 18.2. The van der Waals surface area contributed by atoms with Crippen molar-refractivity contribution in [2.45, 2.75) is 11.4 Å². The summed E-state index contributed by atoms with van der Waals surface area (Å²) >= 11 is 12.0. The van der Waals surface area contributed by atoms with Crippen molar-refractivity contribution in [3.05, 3.63) is 88.5 Å². The number of benzene rings is 3. The lowest BCUT2D eigenvalue weighted by Crippen LogP contribution is -2.35. The molecular weight excluding hydrogens is 549 g/mol. The van der Waals surface area contributed by atoms with Crippen LogP contribution in [-0.4, -0.2) is 61.8 Å². The van der Waals surface area contributed by atoms with Crippen LogP contribution in [0.1, 0.15) is 5.56 Å². The van der Waals surface area contributed by atoms with Gasteiger partial charge in [0.15, 0.2) is 0 Å². The summed E-state index contributed by atoms with van der Waals surface area (Å²) in [6.07, 6.45) is 1.90. The van der Waals surface area contributed by atoms with Gasteiger partial charge in [0.05, 0.1) is 29.3 Å². The van der Waals surface area contributed by atoms with Crippen LogP contribution < -0.4 is 4.31 Å². The van der Waals surface area contributed by atoms with Crippen LogP contribution in [0.3, 0.4) is 0 Å². The van der Waals surface area contributed by atoms with Gasteiger partial charge in [0.2, 0.25) is 0 Å². The van der Waals surface area contributed by atoms with Crippen LogP contribution in [-0.2, 0) is 26.1 Å². The van der Waals surface area contributed by atoms with Crippen molar-refractivity contribution in [3.8, 4) is 5.69 Å². The van der Waals surface area contributed by atoms with E-state index in [0.29, 0.717) is 0 Å². The zero-order chi connectivity index (χ0) is 26.9. The Morgan fingerprint density at radius 3 is 2.29 bits per heavy atom. The molecule has 0 unspecified atom stereocenters. The largest absolute Gasteiger partial charge is 0.480 e. The monoisotopic (exact) mass is 573 g/mol. The van der Waals surface area contributed by atoms with Gasteiger partial charge in [-0.2, -0.15) is 0 Å². The number of carboxylic acids is 1. The van der Waals surface area contributed by atoms with Crippen molar-refractivity contribution < 1.29 is 23.1 Å². The summed E-state index contributed by atoms with van der Waals surface area (Å²) in [5.74, 6) is -1.29. The molecule has 4 aromatic rings. The third-order valence-electron chi connectivity index (χ3n) is 6.39. The lowest BCUT2D eigenvalue weighted by Gasteiger charge is -2.26. The molecule has 0 atom stereocenters. The van der Waals surface area contributed by atoms with Gasteiger partial charge in [-0.05, 0) is 60.2 Å². The summed E-state index contributed by atoms with van der Waals surface area (Å²) in [6.45, 7) is 3.46. The van der Waals surface area contributed by atoms with E-state index in [4.69, 9.17) is 27.9 Å². The standard InChI is InChI=1S/C27H25Cl2N3O5S/c28-21-14-22(29)16-25(15-21)38(35,36)32(18-27(33)34)24-5-6-26-20(13-24)7-8-31(26)23-3-1-19(2-4-23)17-30-9-11-37-12-10-30/h1-8,13-16H,9-12,17-18H2,(H,33,34). The number of rotatable bonds is 8. The van der Waals surface area contributed by atoms with E-state index in [2.05, 4.69) is 17.0 Å². The Hall–Kier alpha value is -3.08. The minimum Gasteiger partial charge on any atom is -0.480 e. The van der Waals surface area contributed by atoms with Crippen LogP contribution in [0, 0.1) is 0 Å². The number of nitrogens with zero attached hydrogens (tertiary/aromatic N) is 3. The minimum atomic E-state index is -4.26. The minimum absolute atomic E-state index is 0.134. The zero-order valence-electron chi connectivity index (χ0n) is 20.3. The number of morpholine rings is 1. The van der Waals surface area contributed by atoms with Crippen molar-refractivity contribution in [1.29, 1.82) is 0 Å². The van der Waals surface area contributed by atoms with E-state index in [0.717, 1.165) is 53.7 Å². The number of halogens is 2. The molecule has 1 aliphatic rings. The fraction of sp³-hybridized carbons (Fsp3) is 0.222. The Balaban J connectivity index is 1.45. The van der Waals surface area contributed by atoms with Crippen molar-refractivity contribution in [2.75, 3.05) is 37.2 Å². The van der Waals surface area contributed by atoms with Gasteiger partial charge in [0.1, 0.15) is 6.54 Å². The quantitative estimate of drug-likeness (QED) is 0.317. The lowest BCUT2D eigenvalue weighted by molar-refractivity contribution is -0.135. The maximum atomic E-state index is 13.4. The molecule has 1 fully saturated rings. The van der Waals surface area contributed by atoms with E-state index >= 15 is 0 Å². The molecule has 38 heavy (non-hydrogen) atoms. The Labute approximate surface area is 230 Å². The normalized spacial score (nSPS) is 14.6. The van der Waals surface area contributed by atoms with E-state index in [1.54, 1.807) is 18.2 Å². The second kappa shape index (κ2) is 11.0. The summed E-state index contributed by atoms with van der Waals surface area (Å²) in [6, 6.07) is 19.1. The van der Waals surface area contributed by atoms with Gasteiger partial charge in [-0.3, -0.25) is 14.0 Å². The van der Waals surface area contributed by atoms with Gasteiger partial charge < -0.3 is 14.4 Å². The Morgan fingerprint density at radius 2 is 1.63 bits per heavy atom. The number of hydrogen-bond acceptors (Lipinski definition) is 5.